The number of aromatic nitrogens is 2. The molecule has 4 heteroatoms. The molecule has 0 aliphatic carbocycles. The summed E-state index contributed by atoms with van der Waals surface area (Å²) in [7, 11) is 0. The quantitative estimate of drug-likeness (QED) is 0.874. The Morgan fingerprint density at radius 3 is 2.67 bits per heavy atom. The molecule has 0 aliphatic heterocycles. The number of nitrogens with one attached hydrogen (secondary N) is 1. The molecule has 4 nitrogen and oxygen atoms in total. The molecule has 0 unspecified atom stereocenters. The molecule has 1 aromatic carbocycles. The van der Waals surface area contributed by atoms with Crippen LogP contribution in [0.4, 0.5) is 0 Å². The predicted molar refractivity (Wildman–Crippen MR) is 84.6 cm³/mol. The fourth-order valence-electron chi connectivity index (χ4n) is 1.89. The van der Waals surface area contributed by atoms with E-state index in [0.717, 1.165) is 11.4 Å². The third-order valence-electron chi connectivity index (χ3n) is 3.10. The summed E-state index contributed by atoms with van der Waals surface area (Å²) in [5, 5.41) is 3.32. The Labute approximate surface area is 126 Å². The summed E-state index contributed by atoms with van der Waals surface area (Å²) in [6, 6.07) is 8.51. The van der Waals surface area contributed by atoms with E-state index >= 15 is 0 Å². The van der Waals surface area contributed by atoms with Crippen LogP contribution in [0, 0.1) is 0 Å². The van der Waals surface area contributed by atoms with Crippen LogP contribution in [0.1, 0.15) is 44.9 Å². The molecule has 0 spiro atoms. The van der Waals surface area contributed by atoms with Gasteiger partial charge < -0.3 is 10.1 Å². The van der Waals surface area contributed by atoms with Gasteiger partial charge in [0, 0.05) is 18.8 Å². The second-order valence-electron chi connectivity index (χ2n) is 5.71. The zero-order valence-electron chi connectivity index (χ0n) is 13.1. The SMILES string of the molecule is CC(C)NCc1cncc(Oc2cccc(C(C)C)c2)n1. The molecular formula is C17H23N3O. The lowest BCUT2D eigenvalue weighted by atomic mass is 10.0. The van der Waals surface area contributed by atoms with Crippen LogP contribution >= 0.6 is 0 Å². The number of nitrogens with zero attached hydrogens (tertiary/aromatic N) is 2. The van der Waals surface area contributed by atoms with Gasteiger partial charge in [-0.05, 0) is 23.6 Å². The highest BCUT2D eigenvalue weighted by Gasteiger charge is 2.05. The van der Waals surface area contributed by atoms with E-state index in [4.69, 9.17) is 4.74 Å². The molecule has 2 rings (SSSR count). The molecule has 21 heavy (non-hydrogen) atoms. The lowest BCUT2D eigenvalue weighted by Crippen LogP contribution is -2.22. The van der Waals surface area contributed by atoms with Gasteiger partial charge in [0.1, 0.15) is 5.75 Å². The summed E-state index contributed by atoms with van der Waals surface area (Å²) in [5.41, 5.74) is 2.12. The minimum absolute atomic E-state index is 0.416. The Bertz CT molecular complexity index is 582. The van der Waals surface area contributed by atoms with Crippen molar-refractivity contribution in [2.75, 3.05) is 0 Å². The first kappa shape index (κ1) is 15.4. The number of rotatable bonds is 6. The number of hydrogen-bond donors (Lipinski definition) is 1. The van der Waals surface area contributed by atoms with E-state index in [-0.39, 0.29) is 0 Å². The van der Waals surface area contributed by atoms with E-state index in [9.17, 15) is 0 Å². The van der Waals surface area contributed by atoms with Crippen LogP contribution in [0.25, 0.3) is 0 Å². The van der Waals surface area contributed by atoms with Crippen molar-refractivity contribution in [3.8, 4) is 11.6 Å². The number of ether oxygens (including phenoxy) is 1. The van der Waals surface area contributed by atoms with Gasteiger partial charge in [-0.1, -0.05) is 39.8 Å². The second kappa shape index (κ2) is 7.18. The van der Waals surface area contributed by atoms with E-state index in [2.05, 4.69) is 49.0 Å². The number of benzene rings is 1. The Morgan fingerprint density at radius 2 is 1.95 bits per heavy atom. The van der Waals surface area contributed by atoms with E-state index in [1.165, 1.54) is 5.56 Å². The molecule has 0 saturated heterocycles. The topological polar surface area (TPSA) is 47.0 Å². The highest BCUT2D eigenvalue weighted by Crippen LogP contribution is 2.23. The fraction of sp³-hybridized carbons (Fsp3) is 0.412. The minimum Gasteiger partial charge on any atom is -0.437 e. The van der Waals surface area contributed by atoms with Gasteiger partial charge >= 0.3 is 0 Å². The van der Waals surface area contributed by atoms with Crippen molar-refractivity contribution in [3.63, 3.8) is 0 Å². The van der Waals surface area contributed by atoms with E-state index in [0.29, 0.717) is 24.4 Å². The van der Waals surface area contributed by atoms with E-state index < -0.39 is 0 Å². The molecule has 0 atom stereocenters. The number of hydrogen-bond acceptors (Lipinski definition) is 4. The lowest BCUT2D eigenvalue weighted by molar-refractivity contribution is 0.454. The van der Waals surface area contributed by atoms with E-state index in [1.807, 2.05) is 18.2 Å². The lowest BCUT2D eigenvalue weighted by Gasteiger charge is -2.10. The smallest absolute Gasteiger partial charge is 0.238 e. The van der Waals surface area contributed by atoms with Crippen LogP contribution < -0.4 is 10.1 Å². The fourth-order valence-corrected chi connectivity index (χ4v) is 1.89. The molecule has 1 N–H and O–H groups in total. The van der Waals surface area contributed by atoms with Crippen molar-refractivity contribution in [2.24, 2.45) is 0 Å². The Kier molecular flexibility index (Phi) is 5.28. The predicted octanol–water partition coefficient (Wildman–Crippen LogP) is 3.89. The molecule has 2 aromatic rings. The summed E-state index contributed by atoms with van der Waals surface area (Å²) >= 11 is 0. The molecule has 0 amide bonds. The van der Waals surface area contributed by atoms with Crippen molar-refractivity contribution in [2.45, 2.75) is 46.2 Å². The first-order chi connectivity index (χ1) is 10.0. The van der Waals surface area contributed by atoms with Gasteiger partial charge in [-0.25, -0.2) is 4.98 Å². The molecular weight excluding hydrogens is 262 g/mol. The summed E-state index contributed by atoms with van der Waals surface area (Å²) in [5.74, 6) is 1.80. The Morgan fingerprint density at radius 1 is 1.14 bits per heavy atom. The van der Waals surface area contributed by atoms with Crippen LogP contribution in [0.5, 0.6) is 11.6 Å². The summed E-state index contributed by atoms with van der Waals surface area (Å²) in [4.78, 5) is 8.66. The summed E-state index contributed by atoms with van der Waals surface area (Å²) < 4.78 is 5.82. The van der Waals surface area contributed by atoms with Crippen molar-refractivity contribution in [1.82, 2.24) is 15.3 Å². The molecule has 0 bridgehead atoms. The zero-order valence-corrected chi connectivity index (χ0v) is 13.1. The van der Waals surface area contributed by atoms with Gasteiger partial charge in [0.05, 0.1) is 11.9 Å². The maximum Gasteiger partial charge on any atom is 0.238 e. The van der Waals surface area contributed by atoms with Crippen molar-refractivity contribution in [3.05, 3.63) is 47.9 Å². The molecule has 1 aromatic heterocycles. The first-order valence-corrected chi connectivity index (χ1v) is 7.36. The highest BCUT2D eigenvalue weighted by atomic mass is 16.5. The van der Waals surface area contributed by atoms with Crippen LogP contribution in [-0.4, -0.2) is 16.0 Å². The third-order valence-corrected chi connectivity index (χ3v) is 3.10. The van der Waals surface area contributed by atoms with Crippen LogP contribution in [0.2, 0.25) is 0 Å². The standard InChI is InChI=1S/C17H23N3O/c1-12(2)14-6-5-7-16(8-14)21-17-11-18-9-15(20-17)10-19-13(3)4/h5-9,11-13,19H,10H2,1-4H3. The average Bonchev–Trinajstić information content (AvgIpc) is 2.46. The van der Waals surface area contributed by atoms with Crippen LogP contribution in [0.3, 0.4) is 0 Å². The van der Waals surface area contributed by atoms with Crippen molar-refractivity contribution in [1.29, 1.82) is 0 Å². The van der Waals surface area contributed by atoms with Crippen LogP contribution in [-0.2, 0) is 6.54 Å². The summed E-state index contributed by atoms with van der Waals surface area (Å²) in [6.07, 6.45) is 3.40. The highest BCUT2D eigenvalue weighted by molar-refractivity contribution is 5.32. The van der Waals surface area contributed by atoms with Crippen molar-refractivity contribution >= 4 is 0 Å². The van der Waals surface area contributed by atoms with Crippen molar-refractivity contribution < 1.29 is 4.74 Å². The molecule has 0 radical (unpaired) electrons. The molecule has 112 valence electrons. The second-order valence-corrected chi connectivity index (χ2v) is 5.71. The zero-order chi connectivity index (χ0) is 15.2. The van der Waals surface area contributed by atoms with E-state index in [1.54, 1.807) is 12.4 Å². The largest absolute Gasteiger partial charge is 0.437 e. The summed E-state index contributed by atoms with van der Waals surface area (Å²) in [6.45, 7) is 9.22. The first-order valence-electron chi connectivity index (χ1n) is 7.36. The van der Waals surface area contributed by atoms with Gasteiger partial charge in [-0.15, -0.1) is 0 Å². The third kappa shape index (κ3) is 4.83. The molecule has 0 saturated carbocycles. The van der Waals surface area contributed by atoms with Crippen LogP contribution in [0.15, 0.2) is 36.7 Å². The van der Waals surface area contributed by atoms with Gasteiger partial charge in [0.15, 0.2) is 0 Å². The monoisotopic (exact) mass is 285 g/mol. The molecule has 0 fully saturated rings. The molecule has 0 aliphatic rings. The van der Waals surface area contributed by atoms with Gasteiger partial charge in [0.25, 0.3) is 0 Å². The maximum atomic E-state index is 5.82. The van der Waals surface area contributed by atoms with Gasteiger partial charge in [0.2, 0.25) is 5.88 Å². The maximum absolute atomic E-state index is 5.82. The minimum atomic E-state index is 0.416. The molecule has 1 heterocycles. The Hall–Kier alpha value is -1.94. The average molecular weight is 285 g/mol. The Balaban J connectivity index is 2.09. The van der Waals surface area contributed by atoms with Gasteiger partial charge in [-0.3, -0.25) is 4.98 Å². The normalized spacial score (nSPS) is 11.1. The van der Waals surface area contributed by atoms with Gasteiger partial charge in [-0.2, -0.15) is 0 Å².